The number of benzene rings is 2. The summed E-state index contributed by atoms with van der Waals surface area (Å²) in [6.07, 6.45) is 2.16. The number of carbonyl (C=O) groups excluding carboxylic acids is 3. The molecule has 0 radical (unpaired) electrons. The topological polar surface area (TPSA) is 116 Å². The summed E-state index contributed by atoms with van der Waals surface area (Å²) < 4.78 is 0. The van der Waals surface area contributed by atoms with Crippen molar-refractivity contribution in [1.82, 2.24) is 15.5 Å². The Morgan fingerprint density at radius 3 is 2.56 bits per heavy atom. The Balaban J connectivity index is 0.00000272. The minimum Gasteiger partial charge on any atom is -1.00 e. The van der Waals surface area contributed by atoms with Crippen LogP contribution in [-0.2, 0) is 14.4 Å². The first kappa shape index (κ1) is 25.3. The molecule has 3 amide bonds. The summed E-state index contributed by atoms with van der Waals surface area (Å²) in [5.41, 5.74) is 3.54. The van der Waals surface area contributed by atoms with Gasteiger partial charge < -0.3 is 22.1 Å². The zero-order valence-corrected chi connectivity index (χ0v) is 20.2. The predicted molar refractivity (Wildman–Crippen MR) is 115 cm³/mol. The Bertz CT molecular complexity index is 1080. The molecular weight excluding hydrogens is 421 g/mol. The molecule has 162 valence electrons. The van der Waals surface area contributed by atoms with Crippen LogP contribution in [0.5, 0.6) is 0 Å². The van der Waals surface area contributed by atoms with Crippen LogP contribution in [-0.4, -0.2) is 46.8 Å². The number of aryl methyl sites for hydroxylation is 1. The van der Waals surface area contributed by atoms with Gasteiger partial charge in [-0.2, -0.15) is 0 Å². The van der Waals surface area contributed by atoms with Crippen LogP contribution >= 0.6 is 0 Å². The number of carboxylic acid groups (broad SMARTS) is 1. The van der Waals surface area contributed by atoms with Crippen LogP contribution < -0.4 is 40.2 Å². The fraction of sp³-hybridized carbons (Fsp3) is 0.217. The zero-order valence-electron chi connectivity index (χ0n) is 19.2. The number of likely N-dealkylation sites (N-methyl/N-ethyl adjacent to an activating group) is 1. The summed E-state index contributed by atoms with van der Waals surface area (Å²) in [7, 11) is 1.47. The second kappa shape index (κ2) is 11.1. The number of hydrogen-bond donors (Lipinski definition) is 3. The van der Waals surface area contributed by atoms with E-state index in [1.165, 1.54) is 24.2 Å². The van der Waals surface area contributed by atoms with Gasteiger partial charge in [0.25, 0.3) is 5.91 Å². The summed E-state index contributed by atoms with van der Waals surface area (Å²) in [5.74, 6) is -2.22. The van der Waals surface area contributed by atoms with E-state index in [9.17, 15) is 24.3 Å². The average molecular weight is 445 g/mol. The van der Waals surface area contributed by atoms with Crippen molar-refractivity contribution >= 4 is 23.7 Å². The number of nitrogens with zero attached hydrogens (tertiary/aromatic N) is 1. The number of hydrogen-bond acceptors (Lipinski definition) is 4. The first-order chi connectivity index (χ1) is 14.8. The van der Waals surface area contributed by atoms with E-state index in [-0.39, 0.29) is 37.4 Å². The van der Waals surface area contributed by atoms with Crippen LogP contribution in [0, 0.1) is 6.92 Å². The molecule has 0 fully saturated rings. The maximum absolute atomic E-state index is 12.5. The van der Waals surface area contributed by atoms with E-state index in [0.29, 0.717) is 5.56 Å². The molecule has 3 rings (SSSR count). The molecule has 9 heteroatoms. The molecule has 2 aromatic rings. The number of carbonyl (C=O) groups is 4. The van der Waals surface area contributed by atoms with Gasteiger partial charge in [0.2, 0.25) is 0 Å². The number of ketones is 1. The second-order valence-electron chi connectivity index (χ2n) is 7.31. The van der Waals surface area contributed by atoms with Crippen molar-refractivity contribution in [3.8, 4) is 11.1 Å². The van der Waals surface area contributed by atoms with Crippen molar-refractivity contribution in [3.63, 3.8) is 0 Å². The van der Waals surface area contributed by atoms with Crippen LogP contribution in [0.3, 0.4) is 0 Å². The van der Waals surface area contributed by atoms with Gasteiger partial charge in [-0.15, -0.1) is 0 Å². The standard InChI is InChI=1S/C23H23N3O5.Na.H/c1-14-6-3-4-9-17(14)15-7-5-8-16(12-15)18(13-20(28)29)24-23(31)25-21-19(27)10-11-26(2)22(21)30;;/h3-12,18,21H,13H2,1-2H3,(H,28,29)(H2,24,25,31);;/q;+1;-1/t18-,21?;;/m0../s1. The summed E-state index contributed by atoms with van der Waals surface area (Å²) in [6.45, 7) is 1.98. The monoisotopic (exact) mass is 445 g/mol. The molecule has 3 N–H and O–H groups in total. The molecule has 32 heavy (non-hydrogen) atoms. The Hall–Kier alpha value is -2.94. The second-order valence-corrected chi connectivity index (χ2v) is 7.31. The number of carboxylic acids is 1. The fourth-order valence-corrected chi connectivity index (χ4v) is 3.39. The van der Waals surface area contributed by atoms with Crippen molar-refractivity contribution in [2.24, 2.45) is 0 Å². The van der Waals surface area contributed by atoms with Crippen LogP contribution in [0.15, 0.2) is 60.8 Å². The third-order valence-electron chi connectivity index (χ3n) is 5.05. The number of amides is 3. The van der Waals surface area contributed by atoms with Gasteiger partial charge in [0.1, 0.15) is 0 Å². The molecule has 0 aliphatic carbocycles. The third kappa shape index (κ3) is 6.06. The van der Waals surface area contributed by atoms with E-state index in [1.54, 1.807) is 12.1 Å². The molecule has 0 spiro atoms. The number of nitrogens with one attached hydrogen (secondary N) is 2. The van der Waals surface area contributed by atoms with Crippen molar-refractivity contribution in [3.05, 3.63) is 71.9 Å². The van der Waals surface area contributed by atoms with Gasteiger partial charge in [0.05, 0.1) is 12.5 Å². The van der Waals surface area contributed by atoms with Crippen LogP contribution in [0.4, 0.5) is 4.79 Å². The fourth-order valence-electron chi connectivity index (χ4n) is 3.39. The van der Waals surface area contributed by atoms with Crippen molar-refractivity contribution in [1.29, 1.82) is 0 Å². The summed E-state index contributed by atoms with van der Waals surface area (Å²) >= 11 is 0. The molecule has 0 aromatic heterocycles. The molecule has 0 saturated carbocycles. The maximum Gasteiger partial charge on any atom is 1.00 e. The van der Waals surface area contributed by atoms with Gasteiger partial charge in [0, 0.05) is 19.3 Å². The minimum atomic E-state index is -1.35. The summed E-state index contributed by atoms with van der Waals surface area (Å²) in [6, 6.07) is 12.0. The van der Waals surface area contributed by atoms with E-state index in [1.807, 2.05) is 43.3 Å². The average Bonchev–Trinajstić information content (AvgIpc) is 2.73. The Morgan fingerprint density at radius 1 is 1.16 bits per heavy atom. The van der Waals surface area contributed by atoms with Crippen molar-refractivity contribution in [2.75, 3.05) is 7.05 Å². The first-order valence-electron chi connectivity index (χ1n) is 9.70. The van der Waals surface area contributed by atoms with Gasteiger partial charge >= 0.3 is 41.6 Å². The number of urea groups is 1. The largest absolute Gasteiger partial charge is 1.00 e. The normalized spacial score (nSPS) is 16.2. The molecule has 1 unspecified atom stereocenters. The van der Waals surface area contributed by atoms with Gasteiger partial charge in [-0.05, 0) is 35.2 Å². The SMILES string of the molecule is Cc1ccccc1-c1cccc([C@H](CC(=O)O)NC(=O)NC2C(=O)C=CN(C)C2=O)c1.[H-].[Na+]. The smallest absolute Gasteiger partial charge is 1.00 e. The van der Waals surface area contributed by atoms with Crippen LogP contribution in [0.1, 0.15) is 25.0 Å². The molecular formula is C23H24N3NaO5. The maximum atomic E-state index is 12.5. The van der Waals surface area contributed by atoms with Gasteiger partial charge in [-0.1, -0.05) is 42.5 Å². The van der Waals surface area contributed by atoms with Gasteiger partial charge in [-0.25, -0.2) is 4.79 Å². The Labute approximate surface area is 209 Å². The van der Waals surface area contributed by atoms with Crippen molar-refractivity contribution < 1.29 is 55.3 Å². The van der Waals surface area contributed by atoms with E-state index >= 15 is 0 Å². The summed E-state index contributed by atoms with van der Waals surface area (Å²) in [4.78, 5) is 49.3. The number of rotatable bonds is 6. The summed E-state index contributed by atoms with van der Waals surface area (Å²) in [5, 5.41) is 14.3. The molecule has 1 aliphatic rings. The molecule has 8 nitrogen and oxygen atoms in total. The van der Waals surface area contributed by atoms with Gasteiger partial charge in [0.15, 0.2) is 11.8 Å². The van der Waals surface area contributed by atoms with Crippen molar-refractivity contribution in [2.45, 2.75) is 25.4 Å². The molecule has 1 aliphatic heterocycles. The molecule has 1 heterocycles. The predicted octanol–water partition coefficient (Wildman–Crippen LogP) is -0.483. The molecule has 2 atom stereocenters. The molecule has 2 aromatic carbocycles. The molecule has 0 bridgehead atoms. The molecule has 0 saturated heterocycles. The van der Waals surface area contributed by atoms with Crippen LogP contribution in [0.2, 0.25) is 0 Å². The Kier molecular flexibility index (Phi) is 8.77. The van der Waals surface area contributed by atoms with Crippen LogP contribution in [0.25, 0.3) is 11.1 Å². The number of aliphatic carboxylic acids is 1. The first-order valence-corrected chi connectivity index (χ1v) is 9.70. The van der Waals surface area contributed by atoms with E-state index in [2.05, 4.69) is 10.6 Å². The Morgan fingerprint density at radius 2 is 1.88 bits per heavy atom. The third-order valence-corrected chi connectivity index (χ3v) is 5.05. The quantitative estimate of drug-likeness (QED) is 0.410. The minimum absolute atomic E-state index is 0. The zero-order chi connectivity index (χ0) is 22.5. The van der Waals surface area contributed by atoms with E-state index < -0.39 is 35.8 Å². The van der Waals surface area contributed by atoms with E-state index in [4.69, 9.17) is 0 Å². The van der Waals surface area contributed by atoms with Gasteiger partial charge in [-0.3, -0.25) is 14.4 Å². The van der Waals surface area contributed by atoms with E-state index in [0.717, 1.165) is 16.7 Å².